The van der Waals surface area contributed by atoms with Gasteiger partial charge >= 0.3 is 0 Å². The Bertz CT molecular complexity index is 419. The van der Waals surface area contributed by atoms with Gasteiger partial charge in [0.05, 0.1) is 5.54 Å². The van der Waals surface area contributed by atoms with Crippen molar-refractivity contribution < 1.29 is 4.79 Å². The fraction of sp³-hybridized carbons (Fsp3) is 0.533. The minimum absolute atomic E-state index is 0.158. The molecule has 1 heterocycles. The number of rotatable bonds is 2. The van der Waals surface area contributed by atoms with Gasteiger partial charge < -0.3 is 10.2 Å². The van der Waals surface area contributed by atoms with Gasteiger partial charge in [-0.1, -0.05) is 17.7 Å². The van der Waals surface area contributed by atoms with E-state index in [2.05, 4.69) is 12.2 Å². The molecule has 1 aliphatic heterocycles. The Morgan fingerprint density at radius 3 is 2.50 bits per heavy atom. The topological polar surface area (TPSA) is 32.3 Å². The third-order valence-corrected chi connectivity index (χ3v) is 3.82. The molecule has 1 N–H and O–H groups in total. The van der Waals surface area contributed by atoms with Gasteiger partial charge in [-0.05, 0) is 51.8 Å². The number of nitrogens with one attached hydrogen (secondary N) is 1. The van der Waals surface area contributed by atoms with Crippen molar-refractivity contribution in [3.05, 3.63) is 29.8 Å². The number of likely N-dealkylation sites (N-methyl/N-ethyl adjacent to an activating group) is 1. The molecule has 0 aromatic heterocycles. The van der Waals surface area contributed by atoms with E-state index in [-0.39, 0.29) is 5.91 Å². The van der Waals surface area contributed by atoms with Crippen molar-refractivity contribution in [2.75, 3.05) is 18.5 Å². The van der Waals surface area contributed by atoms with Crippen LogP contribution in [0.15, 0.2) is 24.3 Å². The van der Waals surface area contributed by atoms with E-state index >= 15 is 0 Å². The molecule has 0 saturated carbocycles. The monoisotopic (exact) mass is 246 g/mol. The zero-order valence-corrected chi connectivity index (χ0v) is 11.5. The molecule has 1 saturated heterocycles. The zero-order valence-electron chi connectivity index (χ0n) is 11.5. The molecular weight excluding hydrogens is 224 g/mol. The van der Waals surface area contributed by atoms with Crippen molar-refractivity contribution in [1.29, 1.82) is 0 Å². The first-order valence-corrected chi connectivity index (χ1v) is 6.63. The highest BCUT2D eigenvalue weighted by molar-refractivity contribution is 5.99. The molecule has 2 rings (SSSR count). The van der Waals surface area contributed by atoms with Crippen molar-refractivity contribution in [1.82, 2.24) is 5.32 Å². The average Bonchev–Trinajstić information content (AvgIpc) is 2.39. The number of hydrogen-bond acceptors (Lipinski definition) is 2. The number of carbonyl (C=O) groups is 1. The van der Waals surface area contributed by atoms with Gasteiger partial charge in [0, 0.05) is 12.7 Å². The van der Waals surface area contributed by atoms with Crippen LogP contribution in [0.4, 0.5) is 5.69 Å². The van der Waals surface area contributed by atoms with E-state index in [0.717, 1.165) is 31.5 Å². The maximum Gasteiger partial charge on any atom is 0.246 e. The summed E-state index contributed by atoms with van der Waals surface area (Å²) < 4.78 is 0. The van der Waals surface area contributed by atoms with E-state index in [1.165, 1.54) is 5.56 Å². The number of amides is 1. The first-order chi connectivity index (χ1) is 8.53. The fourth-order valence-corrected chi connectivity index (χ4v) is 2.49. The summed E-state index contributed by atoms with van der Waals surface area (Å²) in [5.74, 6) is 0.158. The minimum Gasteiger partial charge on any atom is -0.314 e. The van der Waals surface area contributed by atoms with Crippen LogP contribution in [0.5, 0.6) is 0 Å². The van der Waals surface area contributed by atoms with E-state index in [4.69, 9.17) is 0 Å². The number of benzene rings is 1. The van der Waals surface area contributed by atoms with Gasteiger partial charge in [0.15, 0.2) is 0 Å². The lowest BCUT2D eigenvalue weighted by Crippen LogP contribution is -2.57. The second-order valence-corrected chi connectivity index (χ2v) is 5.42. The summed E-state index contributed by atoms with van der Waals surface area (Å²) in [6.45, 7) is 5.00. The predicted octanol–water partition coefficient (Wildman–Crippen LogP) is 2.49. The van der Waals surface area contributed by atoms with Crippen molar-refractivity contribution in [3.8, 4) is 0 Å². The number of aryl methyl sites for hydroxylation is 1. The predicted molar refractivity (Wildman–Crippen MR) is 74.8 cm³/mol. The van der Waals surface area contributed by atoms with Crippen molar-refractivity contribution in [2.24, 2.45) is 0 Å². The number of nitrogens with zero attached hydrogens (tertiary/aromatic N) is 1. The molecule has 1 aliphatic rings. The highest BCUT2D eigenvalue weighted by Crippen LogP contribution is 2.24. The Morgan fingerprint density at radius 1 is 1.28 bits per heavy atom. The molecule has 0 radical (unpaired) electrons. The fourth-order valence-electron chi connectivity index (χ4n) is 2.49. The Hall–Kier alpha value is -1.35. The van der Waals surface area contributed by atoms with E-state index in [1.54, 1.807) is 4.90 Å². The summed E-state index contributed by atoms with van der Waals surface area (Å²) in [6, 6.07) is 8.07. The largest absolute Gasteiger partial charge is 0.314 e. The van der Waals surface area contributed by atoms with E-state index in [0.29, 0.717) is 0 Å². The van der Waals surface area contributed by atoms with Crippen LogP contribution in [0, 0.1) is 6.92 Å². The highest BCUT2D eigenvalue weighted by atomic mass is 16.2. The summed E-state index contributed by atoms with van der Waals surface area (Å²) >= 11 is 0. The molecule has 1 fully saturated rings. The minimum atomic E-state index is -0.405. The lowest BCUT2D eigenvalue weighted by Gasteiger charge is -2.36. The molecule has 1 unspecified atom stereocenters. The first kappa shape index (κ1) is 13.1. The van der Waals surface area contributed by atoms with Gasteiger partial charge in [0.1, 0.15) is 0 Å². The van der Waals surface area contributed by atoms with Crippen molar-refractivity contribution in [2.45, 2.75) is 38.6 Å². The molecule has 1 aromatic carbocycles. The van der Waals surface area contributed by atoms with Crippen LogP contribution < -0.4 is 10.2 Å². The van der Waals surface area contributed by atoms with Gasteiger partial charge in [-0.25, -0.2) is 0 Å². The van der Waals surface area contributed by atoms with Crippen LogP contribution in [0.1, 0.15) is 31.7 Å². The lowest BCUT2D eigenvalue weighted by molar-refractivity contribution is -0.124. The van der Waals surface area contributed by atoms with Crippen LogP contribution >= 0.6 is 0 Å². The van der Waals surface area contributed by atoms with Crippen LogP contribution in [0.25, 0.3) is 0 Å². The summed E-state index contributed by atoms with van der Waals surface area (Å²) in [5, 5.41) is 3.37. The number of piperidine rings is 1. The van der Waals surface area contributed by atoms with Gasteiger partial charge in [-0.15, -0.1) is 0 Å². The third kappa shape index (κ3) is 2.56. The average molecular weight is 246 g/mol. The molecule has 1 aromatic rings. The first-order valence-electron chi connectivity index (χ1n) is 6.63. The molecular formula is C15H22N2O. The molecule has 0 aliphatic carbocycles. The van der Waals surface area contributed by atoms with Gasteiger partial charge in [-0.3, -0.25) is 4.79 Å². The van der Waals surface area contributed by atoms with Crippen LogP contribution in [0.2, 0.25) is 0 Å². The van der Waals surface area contributed by atoms with Crippen LogP contribution in [-0.2, 0) is 4.79 Å². The number of carbonyl (C=O) groups excluding carboxylic acids is 1. The van der Waals surface area contributed by atoms with E-state index in [9.17, 15) is 4.79 Å². The quantitative estimate of drug-likeness (QED) is 0.869. The van der Waals surface area contributed by atoms with Crippen LogP contribution in [0.3, 0.4) is 0 Å². The Kier molecular flexibility index (Phi) is 3.71. The third-order valence-electron chi connectivity index (χ3n) is 3.82. The van der Waals surface area contributed by atoms with E-state index in [1.807, 2.05) is 38.2 Å². The summed E-state index contributed by atoms with van der Waals surface area (Å²) in [7, 11) is 1.86. The summed E-state index contributed by atoms with van der Waals surface area (Å²) in [5.41, 5.74) is 1.76. The molecule has 98 valence electrons. The maximum atomic E-state index is 12.6. The van der Waals surface area contributed by atoms with Crippen LogP contribution in [-0.4, -0.2) is 25.0 Å². The summed E-state index contributed by atoms with van der Waals surface area (Å²) in [6.07, 6.45) is 3.20. The molecule has 0 bridgehead atoms. The molecule has 3 heteroatoms. The normalized spacial score (nSPS) is 23.7. The maximum absolute atomic E-state index is 12.6. The molecule has 0 spiro atoms. The Morgan fingerprint density at radius 2 is 1.94 bits per heavy atom. The Labute approximate surface area is 109 Å². The molecule has 3 nitrogen and oxygen atoms in total. The standard InChI is InChI=1S/C15H22N2O/c1-12-6-8-13(9-7-12)17(3)14(18)15(2)10-4-5-11-16-15/h6-9,16H,4-5,10-11H2,1-3H3. The highest BCUT2D eigenvalue weighted by Gasteiger charge is 2.36. The van der Waals surface area contributed by atoms with Gasteiger partial charge in [0.2, 0.25) is 5.91 Å². The molecule has 18 heavy (non-hydrogen) atoms. The van der Waals surface area contributed by atoms with Crippen molar-refractivity contribution >= 4 is 11.6 Å². The SMILES string of the molecule is Cc1ccc(N(C)C(=O)C2(C)CCCCN2)cc1. The number of hydrogen-bond donors (Lipinski definition) is 1. The Balaban J connectivity index is 2.15. The van der Waals surface area contributed by atoms with Crippen molar-refractivity contribution in [3.63, 3.8) is 0 Å². The number of anilines is 1. The lowest BCUT2D eigenvalue weighted by atomic mass is 9.89. The van der Waals surface area contributed by atoms with E-state index < -0.39 is 5.54 Å². The smallest absolute Gasteiger partial charge is 0.246 e. The zero-order chi connectivity index (χ0) is 13.2. The summed E-state index contributed by atoms with van der Waals surface area (Å²) in [4.78, 5) is 14.3. The van der Waals surface area contributed by atoms with Gasteiger partial charge in [-0.2, -0.15) is 0 Å². The van der Waals surface area contributed by atoms with Gasteiger partial charge in [0.25, 0.3) is 0 Å². The molecule has 1 amide bonds. The molecule has 1 atom stereocenters. The second kappa shape index (κ2) is 5.11. The second-order valence-electron chi connectivity index (χ2n) is 5.42.